The fraction of sp³-hybridized carbons (Fsp3) is 0.391. The minimum Gasteiger partial charge on any atom is -0.497 e. The molecule has 3 rings (SSSR count). The Bertz CT molecular complexity index is 1070. The first-order valence-electron chi connectivity index (χ1n) is 9.86. The molecule has 8 heteroatoms. The number of benzene rings is 2. The van der Waals surface area contributed by atoms with Gasteiger partial charge in [0.05, 0.1) is 12.0 Å². The van der Waals surface area contributed by atoms with Crippen LogP contribution in [0.15, 0.2) is 53.4 Å². The number of carbonyl (C=O) groups is 2. The highest BCUT2D eigenvalue weighted by molar-refractivity contribution is 7.92. The fourth-order valence-electron chi connectivity index (χ4n) is 3.75. The Morgan fingerprint density at radius 3 is 2.13 bits per heavy atom. The zero-order chi connectivity index (χ0) is 23.0. The van der Waals surface area contributed by atoms with E-state index in [2.05, 4.69) is 5.32 Å². The van der Waals surface area contributed by atoms with Gasteiger partial charge in [-0.05, 0) is 57.5 Å². The highest BCUT2D eigenvalue weighted by Gasteiger charge is 2.73. The topological polar surface area (TPSA) is 98.8 Å². The lowest BCUT2D eigenvalue weighted by Gasteiger charge is -2.22. The van der Waals surface area contributed by atoms with Gasteiger partial charge < -0.3 is 19.6 Å². The molecule has 0 unspecified atom stereocenters. The van der Waals surface area contributed by atoms with E-state index in [-0.39, 0.29) is 4.90 Å². The number of hydrogen-bond donors (Lipinski definition) is 1. The number of aldehydes is 1. The molecule has 7 nitrogen and oxygen atoms in total. The van der Waals surface area contributed by atoms with Crippen LogP contribution in [0.1, 0.15) is 37.8 Å². The van der Waals surface area contributed by atoms with Gasteiger partial charge in [0.15, 0.2) is 9.84 Å². The van der Waals surface area contributed by atoms with Gasteiger partial charge >= 0.3 is 6.09 Å². The lowest BCUT2D eigenvalue weighted by atomic mass is 10.1. The van der Waals surface area contributed by atoms with Gasteiger partial charge in [0, 0.05) is 5.92 Å². The lowest BCUT2D eigenvalue weighted by molar-refractivity contribution is -0.110. The molecule has 0 heterocycles. The molecule has 166 valence electrons. The molecule has 31 heavy (non-hydrogen) atoms. The Morgan fingerprint density at radius 2 is 1.65 bits per heavy atom. The van der Waals surface area contributed by atoms with Crippen LogP contribution in [0.25, 0.3) is 0 Å². The number of hydrogen-bond acceptors (Lipinski definition) is 6. The van der Waals surface area contributed by atoms with Crippen LogP contribution in [0.4, 0.5) is 4.79 Å². The molecule has 2 aromatic carbocycles. The zero-order valence-electron chi connectivity index (χ0n) is 18.2. The average Bonchev–Trinajstić information content (AvgIpc) is 3.36. The van der Waals surface area contributed by atoms with Crippen LogP contribution in [0, 0.1) is 6.92 Å². The number of alkyl carbamates (subject to hydrolysis) is 1. The van der Waals surface area contributed by atoms with Crippen LogP contribution in [0.2, 0.25) is 0 Å². The molecule has 0 bridgehead atoms. The third-order valence-electron chi connectivity index (χ3n) is 5.25. The SMILES string of the molecule is COc1ccc([C@@H]2[C@H](S(=O)(=O)c3ccc(C)cc3)[C@@]2(C=O)NC(=O)OC(C)(C)C)cc1. The first-order chi connectivity index (χ1) is 14.4. The van der Waals surface area contributed by atoms with E-state index in [1.165, 1.54) is 19.2 Å². The Kier molecular flexibility index (Phi) is 5.88. The minimum atomic E-state index is -3.94. The molecule has 1 amide bonds. The van der Waals surface area contributed by atoms with Crippen LogP contribution >= 0.6 is 0 Å². The van der Waals surface area contributed by atoms with E-state index in [1.54, 1.807) is 57.2 Å². The highest BCUT2D eigenvalue weighted by Crippen LogP contribution is 2.56. The van der Waals surface area contributed by atoms with E-state index >= 15 is 0 Å². The van der Waals surface area contributed by atoms with Crippen LogP contribution in [-0.2, 0) is 19.4 Å². The first-order valence-corrected chi connectivity index (χ1v) is 11.4. The summed E-state index contributed by atoms with van der Waals surface area (Å²) in [4.78, 5) is 24.9. The van der Waals surface area contributed by atoms with E-state index in [0.29, 0.717) is 17.6 Å². The van der Waals surface area contributed by atoms with Crippen molar-refractivity contribution in [2.45, 2.75) is 54.9 Å². The van der Waals surface area contributed by atoms with Crippen LogP contribution in [0.5, 0.6) is 5.75 Å². The number of rotatable bonds is 6. The molecule has 0 spiro atoms. The second kappa shape index (κ2) is 8.00. The number of nitrogens with one attached hydrogen (secondary N) is 1. The molecule has 1 saturated carbocycles. The molecule has 0 aliphatic heterocycles. The van der Waals surface area contributed by atoms with Gasteiger partial charge in [-0.2, -0.15) is 0 Å². The van der Waals surface area contributed by atoms with Gasteiger partial charge in [-0.15, -0.1) is 0 Å². The standard InChI is InChI=1S/C23H27NO6S/c1-15-6-12-18(13-7-15)31(27,28)20-19(16-8-10-17(29-5)11-9-16)23(20,14-25)24-21(26)30-22(2,3)4/h6-14,19-20H,1-5H3,(H,24,26)/t19-,20+,23+/m1/s1. The molecule has 1 fully saturated rings. The third kappa shape index (κ3) is 4.44. The number of sulfone groups is 1. The Balaban J connectivity index is 2.04. The summed E-state index contributed by atoms with van der Waals surface area (Å²) in [5.41, 5.74) is -0.926. The molecular formula is C23H27NO6S. The van der Waals surface area contributed by atoms with Crippen molar-refractivity contribution in [2.75, 3.05) is 7.11 Å². The molecule has 1 N–H and O–H groups in total. The summed E-state index contributed by atoms with van der Waals surface area (Å²) in [7, 11) is -2.41. The van der Waals surface area contributed by atoms with E-state index in [1.807, 2.05) is 6.92 Å². The second-order valence-electron chi connectivity index (χ2n) is 8.71. The Hall–Kier alpha value is -2.87. The van der Waals surface area contributed by atoms with Gasteiger partial charge in [-0.25, -0.2) is 13.2 Å². The maximum Gasteiger partial charge on any atom is 0.408 e. The molecule has 3 atom stereocenters. The zero-order valence-corrected chi connectivity index (χ0v) is 19.0. The Labute approximate surface area is 182 Å². The molecular weight excluding hydrogens is 418 g/mol. The summed E-state index contributed by atoms with van der Waals surface area (Å²) >= 11 is 0. The summed E-state index contributed by atoms with van der Waals surface area (Å²) in [6.45, 7) is 6.92. The normalized spacial score (nSPS) is 23.0. The minimum absolute atomic E-state index is 0.0938. The van der Waals surface area contributed by atoms with Crippen molar-refractivity contribution >= 4 is 22.2 Å². The van der Waals surface area contributed by atoms with Crippen LogP contribution < -0.4 is 10.1 Å². The maximum atomic E-state index is 13.5. The maximum absolute atomic E-state index is 13.5. The van der Waals surface area contributed by atoms with E-state index < -0.39 is 38.2 Å². The van der Waals surface area contributed by atoms with Crippen LogP contribution in [0.3, 0.4) is 0 Å². The first kappa shape index (κ1) is 22.8. The molecule has 0 aromatic heterocycles. The van der Waals surface area contributed by atoms with E-state index in [0.717, 1.165) is 5.56 Å². The highest BCUT2D eigenvalue weighted by atomic mass is 32.2. The number of carbonyl (C=O) groups excluding carboxylic acids is 2. The molecule has 1 aliphatic carbocycles. The van der Waals surface area contributed by atoms with Crippen LogP contribution in [-0.4, -0.2) is 44.3 Å². The Morgan fingerprint density at radius 1 is 1.06 bits per heavy atom. The predicted molar refractivity (Wildman–Crippen MR) is 116 cm³/mol. The molecule has 1 aliphatic rings. The predicted octanol–water partition coefficient (Wildman–Crippen LogP) is 3.41. The van der Waals surface area contributed by atoms with Crippen molar-refractivity contribution in [2.24, 2.45) is 0 Å². The van der Waals surface area contributed by atoms with E-state index in [9.17, 15) is 18.0 Å². The molecule has 0 radical (unpaired) electrons. The van der Waals surface area contributed by atoms with Gasteiger partial charge in [0.2, 0.25) is 0 Å². The van der Waals surface area contributed by atoms with Crippen molar-refractivity contribution < 1.29 is 27.5 Å². The molecule has 0 saturated heterocycles. The van der Waals surface area contributed by atoms with Crippen molar-refractivity contribution in [3.8, 4) is 5.75 Å². The van der Waals surface area contributed by atoms with E-state index in [4.69, 9.17) is 9.47 Å². The summed E-state index contributed by atoms with van der Waals surface area (Å²) in [5.74, 6) is -0.172. The summed E-state index contributed by atoms with van der Waals surface area (Å²) in [6.07, 6.45) is -0.345. The lowest BCUT2D eigenvalue weighted by Crippen LogP contribution is -2.45. The number of amides is 1. The largest absolute Gasteiger partial charge is 0.497 e. The monoisotopic (exact) mass is 445 g/mol. The van der Waals surface area contributed by atoms with Crippen molar-refractivity contribution in [3.05, 3.63) is 59.7 Å². The fourth-order valence-corrected chi connectivity index (χ4v) is 5.99. The summed E-state index contributed by atoms with van der Waals surface area (Å²) < 4.78 is 37.4. The summed E-state index contributed by atoms with van der Waals surface area (Å²) in [6, 6.07) is 13.2. The van der Waals surface area contributed by atoms with Gasteiger partial charge in [-0.1, -0.05) is 29.8 Å². The summed E-state index contributed by atoms with van der Waals surface area (Å²) in [5, 5.41) is 1.38. The van der Waals surface area contributed by atoms with Gasteiger partial charge in [0.1, 0.15) is 28.4 Å². The van der Waals surface area contributed by atoms with Crippen molar-refractivity contribution in [3.63, 3.8) is 0 Å². The number of aryl methyl sites for hydroxylation is 1. The number of methoxy groups -OCH3 is 1. The van der Waals surface area contributed by atoms with Crippen molar-refractivity contribution in [1.82, 2.24) is 5.32 Å². The smallest absolute Gasteiger partial charge is 0.408 e. The van der Waals surface area contributed by atoms with Gasteiger partial charge in [0.25, 0.3) is 0 Å². The molecule has 2 aromatic rings. The third-order valence-corrected chi connectivity index (χ3v) is 7.51. The quantitative estimate of drug-likeness (QED) is 0.684. The van der Waals surface area contributed by atoms with Crippen molar-refractivity contribution in [1.29, 1.82) is 0 Å². The second-order valence-corrected chi connectivity index (χ2v) is 10.8. The average molecular weight is 446 g/mol. The van der Waals surface area contributed by atoms with Gasteiger partial charge in [-0.3, -0.25) is 0 Å². The number of ether oxygens (including phenoxy) is 2.